The van der Waals surface area contributed by atoms with Crippen LogP contribution >= 0.6 is 0 Å². The maximum Gasteiger partial charge on any atom is 0.0667 e. The van der Waals surface area contributed by atoms with E-state index in [-0.39, 0.29) is 0 Å². The maximum absolute atomic E-state index is 5.20. The lowest BCUT2D eigenvalue weighted by Crippen LogP contribution is -2.32. The molecule has 0 heterocycles. The summed E-state index contributed by atoms with van der Waals surface area (Å²) in [6.45, 7) is 4.35. The summed E-state index contributed by atoms with van der Waals surface area (Å²) in [5.74, 6) is 1.07. The van der Waals surface area contributed by atoms with Gasteiger partial charge in [-0.25, -0.2) is 0 Å². The van der Waals surface area contributed by atoms with Gasteiger partial charge < -0.3 is 10.1 Å². The topological polar surface area (TPSA) is 21.3 Å². The summed E-state index contributed by atoms with van der Waals surface area (Å²) in [7, 11) is 1.78. The van der Waals surface area contributed by atoms with Crippen molar-refractivity contribution in [1.82, 2.24) is 5.32 Å². The van der Waals surface area contributed by atoms with E-state index >= 15 is 0 Å². The smallest absolute Gasteiger partial charge is 0.0667 e. The molecule has 2 aliphatic rings. The molecule has 13 heavy (non-hydrogen) atoms. The molecule has 1 atom stereocenters. The zero-order chi connectivity index (χ0) is 9.31. The average Bonchev–Trinajstić information content (AvgIpc) is 2.96. The van der Waals surface area contributed by atoms with Crippen LogP contribution in [-0.4, -0.2) is 26.3 Å². The normalized spacial score (nSPS) is 27.2. The van der Waals surface area contributed by atoms with Crippen LogP contribution in [-0.2, 0) is 4.74 Å². The van der Waals surface area contributed by atoms with Gasteiger partial charge in [0, 0.05) is 20.2 Å². The maximum atomic E-state index is 5.20. The monoisotopic (exact) mass is 183 g/mol. The Morgan fingerprint density at radius 3 is 2.62 bits per heavy atom. The van der Waals surface area contributed by atoms with Gasteiger partial charge in [0.1, 0.15) is 0 Å². The van der Waals surface area contributed by atoms with Gasteiger partial charge in [0.05, 0.1) is 6.10 Å². The van der Waals surface area contributed by atoms with Gasteiger partial charge in [-0.15, -0.1) is 0 Å². The van der Waals surface area contributed by atoms with Crippen molar-refractivity contribution in [1.29, 1.82) is 0 Å². The van der Waals surface area contributed by atoms with E-state index in [4.69, 9.17) is 4.74 Å². The van der Waals surface area contributed by atoms with Gasteiger partial charge in [-0.1, -0.05) is 0 Å². The van der Waals surface area contributed by atoms with Crippen molar-refractivity contribution in [3.8, 4) is 0 Å². The van der Waals surface area contributed by atoms with E-state index < -0.39 is 0 Å². The van der Waals surface area contributed by atoms with Crippen LogP contribution in [0, 0.1) is 11.3 Å². The van der Waals surface area contributed by atoms with Gasteiger partial charge in [0.15, 0.2) is 0 Å². The van der Waals surface area contributed by atoms with Crippen LogP contribution in [0.5, 0.6) is 0 Å². The van der Waals surface area contributed by atoms with Gasteiger partial charge in [-0.05, 0) is 43.9 Å². The predicted octanol–water partition coefficient (Wildman–Crippen LogP) is 1.80. The molecule has 0 aromatic rings. The van der Waals surface area contributed by atoms with Crippen molar-refractivity contribution in [3.05, 3.63) is 0 Å². The van der Waals surface area contributed by atoms with Crippen LogP contribution in [0.2, 0.25) is 0 Å². The fourth-order valence-electron chi connectivity index (χ4n) is 2.19. The van der Waals surface area contributed by atoms with Crippen LogP contribution in [0.4, 0.5) is 0 Å². The van der Waals surface area contributed by atoms with Crippen molar-refractivity contribution < 1.29 is 4.74 Å². The number of methoxy groups -OCH3 is 1. The zero-order valence-electron chi connectivity index (χ0n) is 8.81. The van der Waals surface area contributed by atoms with Crippen molar-refractivity contribution in [3.63, 3.8) is 0 Å². The first-order valence-electron chi connectivity index (χ1n) is 5.50. The van der Waals surface area contributed by atoms with Crippen molar-refractivity contribution >= 4 is 0 Å². The van der Waals surface area contributed by atoms with Gasteiger partial charge in [-0.3, -0.25) is 0 Å². The summed E-state index contributed by atoms with van der Waals surface area (Å²) in [5.41, 5.74) is 0.730. The SMILES string of the molecule is COC(C)CNCC1(C2CC2)CC1. The zero-order valence-corrected chi connectivity index (χ0v) is 8.81. The summed E-state index contributed by atoms with van der Waals surface area (Å²) < 4.78 is 5.20. The second kappa shape index (κ2) is 3.58. The molecule has 2 nitrogen and oxygen atoms in total. The minimum absolute atomic E-state index is 0.356. The van der Waals surface area contributed by atoms with Crippen molar-refractivity contribution in [2.75, 3.05) is 20.2 Å². The Hall–Kier alpha value is -0.0800. The molecule has 0 saturated heterocycles. The van der Waals surface area contributed by atoms with E-state index in [0.29, 0.717) is 6.10 Å². The molecule has 76 valence electrons. The lowest BCUT2D eigenvalue weighted by Gasteiger charge is -2.17. The number of rotatable bonds is 6. The minimum Gasteiger partial charge on any atom is -0.380 e. The van der Waals surface area contributed by atoms with Crippen LogP contribution in [0.3, 0.4) is 0 Å². The van der Waals surface area contributed by atoms with Crippen LogP contribution < -0.4 is 5.32 Å². The average molecular weight is 183 g/mol. The third-order valence-electron chi connectivity index (χ3n) is 3.65. The van der Waals surface area contributed by atoms with Crippen molar-refractivity contribution in [2.45, 2.75) is 38.7 Å². The van der Waals surface area contributed by atoms with E-state index in [1.54, 1.807) is 7.11 Å². The molecule has 0 radical (unpaired) electrons. The second-order valence-electron chi connectivity index (χ2n) is 4.81. The predicted molar refractivity (Wildman–Crippen MR) is 53.7 cm³/mol. The number of ether oxygens (including phenoxy) is 1. The Labute approximate surface area is 81.0 Å². The Morgan fingerprint density at radius 1 is 1.46 bits per heavy atom. The van der Waals surface area contributed by atoms with Crippen LogP contribution in [0.15, 0.2) is 0 Å². The molecule has 2 heteroatoms. The molecule has 0 aromatic heterocycles. The Balaban J connectivity index is 1.62. The highest BCUT2D eigenvalue weighted by Gasteiger charge is 2.53. The molecule has 2 rings (SSSR count). The Kier molecular flexibility index (Phi) is 2.61. The van der Waals surface area contributed by atoms with Crippen LogP contribution in [0.1, 0.15) is 32.6 Å². The highest BCUT2D eigenvalue weighted by Crippen LogP contribution is 2.60. The molecule has 2 fully saturated rings. The Bertz CT molecular complexity index is 173. The van der Waals surface area contributed by atoms with Gasteiger partial charge in [-0.2, -0.15) is 0 Å². The summed E-state index contributed by atoms with van der Waals surface area (Å²) in [6.07, 6.45) is 6.26. The fourth-order valence-corrected chi connectivity index (χ4v) is 2.19. The summed E-state index contributed by atoms with van der Waals surface area (Å²) in [6, 6.07) is 0. The molecule has 0 bridgehead atoms. The first kappa shape index (κ1) is 9.47. The lowest BCUT2D eigenvalue weighted by molar-refractivity contribution is 0.115. The summed E-state index contributed by atoms with van der Waals surface area (Å²) in [4.78, 5) is 0. The number of hydrogen-bond acceptors (Lipinski definition) is 2. The molecule has 2 saturated carbocycles. The van der Waals surface area contributed by atoms with E-state index in [2.05, 4.69) is 12.2 Å². The summed E-state index contributed by atoms with van der Waals surface area (Å²) in [5, 5.41) is 3.54. The van der Waals surface area contributed by atoms with E-state index in [1.165, 1.54) is 32.2 Å². The largest absolute Gasteiger partial charge is 0.380 e. The highest BCUT2D eigenvalue weighted by atomic mass is 16.5. The minimum atomic E-state index is 0.356. The molecule has 0 aromatic carbocycles. The standard InChI is InChI=1S/C11H21NO/c1-9(13-2)7-12-8-11(5-6-11)10-3-4-10/h9-10,12H,3-8H2,1-2H3. The lowest BCUT2D eigenvalue weighted by atomic mass is 10.0. The van der Waals surface area contributed by atoms with Gasteiger partial charge in [0.25, 0.3) is 0 Å². The molecule has 0 amide bonds. The van der Waals surface area contributed by atoms with E-state index in [0.717, 1.165) is 17.9 Å². The third-order valence-corrected chi connectivity index (χ3v) is 3.65. The molecule has 0 aliphatic heterocycles. The van der Waals surface area contributed by atoms with E-state index in [9.17, 15) is 0 Å². The molecular formula is C11H21NO. The second-order valence-corrected chi connectivity index (χ2v) is 4.81. The molecule has 0 spiro atoms. The van der Waals surface area contributed by atoms with Crippen LogP contribution in [0.25, 0.3) is 0 Å². The first-order chi connectivity index (χ1) is 6.27. The third kappa shape index (κ3) is 2.23. The quantitative estimate of drug-likeness (QED) is 0.678. The van der Waals surface area contributed by atoms with E-state index in [1.807, 2.05) is 0 Å². The Morgan fingerprint density at radius 2 is 2.15 bits per heavy atom. The van der Waals surface area contributed by atoms with Gasteiger partial charge in [0.2, 0.25) is 0 Å². The van der Waals surface area contributed by atoms with Crippen molar-refractivity contribution in [2.24, 2.45) is 11.3 Å². The molecule has 1 unspecified atom stereocenters. The first-order valence-corrected chi connectivity index (χ1v) is 5.50. The fraction of sp³-hybridized carbons (Fsp3) is 1.00. The number of hydrogen-bond donors (Lipinski definition) is 1. The molecule has 2 aliphatic carbocycles. The summed E-state index contributed by atoms with van der Waals surface area (Å²) >= 11 is 0. The highest BCUT2D eigenvalue weighted by molar-refractivity contribution is 5.04. The molecule has 1 N–H and O–H groups in total. The molecular weight excluding hydrogens is 162 g/mol. The number of nitrogens with one attached hydrogen (secondary N) is 1. The van der Waals surface area contributed by atoms with Gasteiger partial charge >= 0.3 is 0 Å².